The first-order valence-corrected chi connectivity index (χ1v) is 8.25. The maximum absolute atomic E-state index is 13.5. The summed E-state index contributed by atoms with van der Waals surface area (Å²) in [6.45, 7) is 4.92. The average Bonchev–Trinajstić information content (AvgIpc) is 3.32. The topological polar surface area (TPSA) is 21.1 Å². The Labute approximate surface area is 144 Å². The van der Waals surface area contributed by atoms with Crippen LogP contribution in [0.1, 0.15) is 40.9 Å². The second-order valence-corrected chi connectivity index (χ2v) is 6.72. The van der Waals surface area contributed by atoms with Crippen molar-refractivity contribution in [1.29, 1.82) is 0 Å². The number of benzene rings is 1. The van der Waals surface area contributed by atoms with Crippen LogP contribution in [-0.4, -0.2) is 20.7 Å². The molecule has 0 atom stereocenters. The number of halogens is 4. The molecule has 1 aliphatic rings. The first-order chi connectivity index (χ1) is 11.7. The summed E-state index contributed by atoms with van der Waals surface area (Å²) < 4.78 is 54.1. The highest BCUT2D eigenvalue weighted by atomic mass is 19.4. The van der Waals surface area contributed by atoms with Crippen molar-refractivity contribution >= 4 is 0 Å². The van der Waals surface area contributed by atoms with Crippen LogP contribution in [0.4, 0.5) is 17.6 Å². The van der Waals surface area contributed by atoms with E-state index in [9.17, 15) is 17.6 Å². The van der Waals surface area contributed by atoms with Crippen LogP contribution in [0.2, 0.25) is 0 Å². The van der Waals surface area contributed by atoms with E-state index in [0.717, 1.165) is 41.9 Å². The number of aryl methyl sites for hydroxylation is 2. The third kappa shape index (κ3) is 3.86. The van der Waals surface area contributed by atoms with Gasteiger partial charge in [0.05, 0.1) is 11.3 Å². The number of rotatable bonds is 5. The Kier molecular flexibility index (Phi) is 4.62. The van der Waals surface area contributed by atoms with Crippen molar-refractivity contribution < 1.29 is 17.6 Å². The lowest BCUT2D eigenvalue weighted by Crippen LogP contribution is -2.26. The highest BCUT2D eigenvalue weighted by Crippen LogP contribution is 2.34. The molecule has 136 valence electrons. The second kappa shape index (κ2) is 6.44. The van der Waals surface area contributed by atoms with E-state index < -0.39 is 17.6 Å². The van der Waals surface area contributed by atoms with E-state index in [1.54, 1.807) is 0 Å². The van der Waals surface area contributed by atoms with Gasteiger partial charge in [0.15, 0.2) is 0 Å². The monoisotopic (exact) mass is 355 g/mol. The normalized spacial score (nSPS) is 15.2. The van der Waals surface area contributed by atoms with E-state index >= 15 is 0 Å². The minimum absolute atomic E-state index is 0.360. The van der Waals surface area contributed by atoms with Gasteiger partial charge in [0.2, 0.25) is 0 Å². The fraction of sp³-hybridized carbons (Fsp3) is 0.500. The van der Waals surface area contributed by atoms with E-state index in [1.807, 2.05) is 25.6 Å². The Morgan fingerprint density at radius 1 is 1.20 bits per heavy atom. The predicted molar refractivity (Wildman–Crippen MR) is 86.4 cm³/mol. The lowest BCUT2D eigenvalue weighted by Gasteiger charge is -2.23. The lowest BCUT2D eigenvalue weighted by molar-refractivity contribution is -0.140. The van der Waals surface area contributed by atoms with Crippen LogP contribution in [0.3, 0.4) is 0 Å². The van der Waals surface area contributed by atoms with Crippen molar-refractivity contribution in [2.24, 2.45) is 7.05 Å². The fourth-order valence-corrected chi connectivity index (χ4v) is 3.13. The molecule has 3 rings (SSSR count). The van der Waals surface area contributed by atoms with Gasteiger partial charge in [-0.3, -0.25) is 9.58 Å². The van der Waals surface area contributed by atoms with Crippen LogP contribution >= 0.6 is 0 Å². The van der Waals surface area contributed by atoms with Crippen molar-refractivity contribution in [2.45, 2.75) is 52.0 Å². The molecule has 0 N–H and O–H groups in total. The lowest BCUT2D eigenvalue weighted by atomic mass is 10.1. The van der Waals surface area contributed by atoms with Crippen molar-refractivity contribution in [2.75, 3.05) is 0 Å². The van der Waals surface area contributed by atoms with Gasteiger partial charge in [0.1, 0.15) is 5.82 Å². The second-order valence-electron chi connectivity index (χ2n) is 6.72. The van der Waals surface area contributed by atoms with Gasteiger partial charge >= 0.3 is 6.18 Å². The van der Waals surface area contributed by atoms with Gasteiger partial charge in [0, 0.05) is 37.4 Å². The maximum Gasteiger partial charge on any atom is 0.419 e. The summed E-state index contributed by atoms with van der Waals surface area (Å²) >= 11 is 0. The quantitative estimate of drug-likeness (QED) is 0.743. The molecule has 25 heavy (non-hydrogen) atoms. The van der Waals surface area contributed by atoms with Gasteiger partial charge in [-0.15, -0.1) is 0 Å². The van der Waals surface area contributed by atoms with Gasteiger partial charge in [-0.1, -0.05) is 6.07 Å². The zero-order chi connectivity index (χ0) is 18.4. The van der Waals surface area contributed by atoms with Crippen LogP contribution in [0, 0.1) is 19.7 Å². The predicted octanol–water partition coefficient (Wildman–Crippen LogP) is 4.36. The molecule has 0 spiro atoms. The number of alkyl halides is 3. The highest BCUT2D eigenvalue weighted by Gasteiger charge is 2.35. The molecule has 1 fully saturated rings. The smallest absolute Gasteiger partial charge is 0.292 e. The average molecular weight is 355 g/mol. The summed E-state index contributed by atoms with van der Waals surface area (Å²) in [6, 6.07) is 3.62. The standard InChI is InChI=1S/C18H21F4N3/c1-11-15(12(2)24(3)23-11)10-25(14-5-6-14)9-13-4-7-17(19)16(8-13)18(20,21)22/h4,7-8,14H,5-6,9-10H2,1-3H3. The van der Waals surface area contributed by atoms with Gasteiger partial charge < -0.3 is 0 Å². The van der Waals surface area contributed by atoms with Gasteiger partial charge in [-0.25, -0.2) is 4.39 Å². The molecule has 0 saturated heterocycles. The molecule has 0 radical (unpaired) electrons. The zero-order valence-electron chi connectivity index (χ0n) is 14.5. The Bertz CT molecular complexity index is 775. The molecule has 1 saturated carbocycles. The molecular formula is C18H21F4N3. The third-order valence-electron chi connectivity index (χ3n) is 4.81. The highest BCUT2D eigenvalue weighted by molar-refractivity contribution is 5.28. The Balaban J connectivity index is 1.84. The van der Waals surface area contributed by atoms with E-state index in [-0.39, 0.29) is 0 Å². The van der Waals surface area contributed by atoms with Crippen molar-refractivity contribution in [3.8, 4) is 0 Å². The summed E-state index contributed by atoms with van der Waals surface area (Å²) in [5.41, 5.74) is 2.36. The number of aromatic nitrogens is 2. The third-order valence-corrected chi connectivity index (χ3v) is 4.81. The summed E-state index contributed by atoms with van der Waals surface area (Å²) in [5.74, 6) is -1.23. The van der Waals surface area contributed by atoms with Crippen molar-refractivity contribution in [3.05, 3.63) is 52.1 Å². The molecule has 0 bridgehead atoms. The fourth-order valence-electron chi connectivity index (χ4n) is 3.13. The van der Waals surface area contributed by atoms with Crippen LogP contribution in [-0.2, 0) is 26.3 Å². The maximum atomic E-state index is 13.5. The van der Waals surface area contributed by atoms with Gasteiger partial charge in [-0.05, 0) is 44.4 Å². The van der Waals surface area contributed by atoms with Crippen LogP contribution in [0.25, 0.3) is 0 Å². The van der Waals surface area contributed by atoms with Crippen molar-refractivity contribution in [3.63, 3.8) is 0 Å². The van der Waals surface area contributed by atoms with Crippen LogP contribution in [0.15, 0.2) is 18.2 Å². The van der Waals surface area contributed by atoms with E-state index in [1.165, 1.54) is 6.07 Å². The molecule has 0 unspecified atom stereocenters. The minimum atomic E-state index is -4.68. The molecule has 2 aromatic rings. The Morgan fingerprint density at radius 2 is 1.88 bits per heavy atom. The summed E-state index contributed by atoms with van der Waals surface area (Å²) in [7, 11) is 1.88. The molecule has 0 amide bonds. The van der Waals surface area contributed by atoms with Crippen molar-refractivity contribution in [1.82, 2.24) is 14.7 Å². The van der Waals surface area contributed by atoms with Gasteiger partial charge in [0.25, 0.3) is 0 Å². The summed E-state index contributed by atoms with van der Waals surface area (Å²) in [4.78, 5) is 2.16. The molecule has 1 aromatic carbocycles. The Hall–Kier alpha value is -1.89. The minimum Gasteiger partial charge on any atom is -0.292 e. The molecule has 3 nitrogen and oxygen atoms in total. The molecule has 1 aliphatic carbocycles. The zero-order valence-corrected chi connectivity index (χ0v) is 14.5. The van der Waals surface area contributed by atoms with E-state index in [0.29, 0.717) is 24.7 Å². The van der Waals surface area contributed by atoms with Crippen LogP contribution in [0.5, 0.6) is 0 Å². The largest absolute Gasteiger partial charge is 0.419 e. The van der Waals surface area contributed by atoms with Gasteiger partial charge in [-0.2, -0.15) is 18.3 Å². The molecule has 7 heteroatoms. The molecule has 0 aliphatic heterocycles. The molecular weight excluding hydrogens is 334 g/mol. The van der Waals surface area contributed by atoms with Crippen LogP contribution < -0.4 is 0 Å². The summed E-state index contributed by atoms with van der Waals surface area (Å²) in [5, 5.41) is 4.40. The number of hydrogen-bond donors (Lipinski definition) is 0. The first kappa shape index (κ1) is 17.9. The molecule has 1 heterocycles. The SMILES string of the molecule is Cc1nn(C)c(C)c1CN(Cc1ccc(F)c(C(F)(F)F)c1)C1CC1. The number of nitrogens with zero attached hydrogens (tertiary/aromatic N) is 3. The Morgan fingerprint density at radius 3 is 2.40 bits per heavy atom. The van der Waals surface area contributed by atoms with E-state index in [4.69, 9.17) is 0 Å². The molecule has 1 aromatic heterocycles. The first-order valence-electron chi connectivity index (χ1n) is 8.25. The summed E-state index contributed by atoms with van der Waals surface area (Å²) in [6.07, 6.45) is -2.61. The van der Waals surface area contributed by atoms with E-state index in [2.05, 4.69) is 10.00 Å². The number of hydrogen-bond acceptors (Lipinski definition) is 2.